The maximum atomic E-state index is 11.9. The van der Waals surface area contributed by atoms with E-state index < -0.39 is 0 Å². The minimum Gasteiger partial charge on any atom is -0.490 e. The molecule has 156 valence electrons. The monoisotopic (exact) mass is 390 g/mol. The number of hydrogen-bond donors (Lipinski definition) is 1. The number of hydrogen-bond acceptors (Lipinski definition) is 4. The molecule has 1 saturated heterocycles. The molecular weight excluding hydrogens is 356 g/mol. The summed E-state index contributed by atoms with van der Waals surface area (Å²) in [6.45, 7) is 6.08. The summed E-state index contributed by atoms with van der Waals surface area (Å²) in [5.41, 5.74) is 0. The molecule has 28 heavy (non-hydrogen) atoms. The molecule has 0 spiro atoms. The molecule has 1 fully saturated rings. The third-order valence-corrected chi connectivity index (χ3v) is 4.60. The van der Waals surface area contributed by atoms with Gasteiger partial charge in [-0.3, -0.25) is 4.79 Å². The molecule has 1 aliphatic heterocycles. The first-order valence-corrected chi connectivity index (χ1v) is 10.1. The van der Waals surface area contributed by atoms with E-state index in [1.807, 2.05) is 37.3 Å². The Labute approximate surface area is 168 Å². The fourth-order valence-electron chi connectivity index (χ4n) is 2.95. The number of rotatable bonds is 9. The Morgan fingerprint density at radius 3 is 2.61 bits per heavy atom. The van der Waals surface area contributed by atoms with Gasteiger partial charge in [-0.15, -0.1) is 0 Å². The minimum absolute atomic E-state index is 0.00378. The molecule has 0 bridgehead atoms. The van der Waals surface area contributed by atoms with Crippen LogP contribution in [0.2, 0.25) is 0 Å². The van der Waals surface area contributed by atoms with E-state index in [1.54, 1.807) is 19.0 Å². The summed E-state index contributed by atoms with van der Waals surface area (Å²) in [4.78, 5) is 20.3. The van der Waals surface area contributed by atoms with E-state index in [4.69, 9.17) is 9.47 Å². The van der Waals surface area contributed by atoms with Gasteiger partial charge in [-0.25, -0.2) is 4.99 Å². The third kappa shape index (κ3) is 7.76. The number of nitrogens with one attached hydrogen (secondary N) is 1. The quantitative estimate of drug-likeness (QED) is 0.397. The minimum atomic E-state index is -0.00378. The van der Waals surface area contributed by atoms with E-state index in [2.05, 4.69) is 15.2 Å². The van der Waals surface area contributed by atoms with Gasteiger partial charge in [-0.2, -0.15) is 0 Å². The normalized spacial score (nSPS) is 15.4. The van der Waals surface area contributed by atoms with Crippen molar-refractivity contribution in [3.8, 4) is 5.75 Å². The summed E-state index contributed by atoms with van der Waals surface area (Å²) in [6.07, 6.45) is 2.97. The molecule has 0 aromatic heterocycles. The number of guanidine groups is 1. The molecular formula is C21H34N4O3. The number of carbonyl (C=O) groups is 1. The summed E-state index contributed by atoms with van der Waals surface area (Å²) < 4.78 is 11.5. The molecule has 1 aromatic carbocycles. The van der Waals surface area contributed by atoms with Crippen LogP contribution in [0.1, 0.15) is 26.2 Å². The third-order valence-electron chi connectivity index (χ3n) is 4.60. The first-order chi connectivity index (χ1) is 13.6. The van der Waals surface area contributed by atoms with Crippen LogP contribution in [0.4, 0.5) is 0 Å². The summed E-state index contributed by atoms with van der Waals surface area (Å²) in [5.74, 6) is 1.71. The van der Waals surface area contributed by atoms with Crippen molar-refractivity contribution in [2.75, 3.05) is 53.5 Å². The summed E-state index contributed by atoms with van der Waals surface area (Å²) in [5, 5.41) is 3.39. The van der Waals surface area contributed by atoms with Crippen LogP contribution in [0.3, 0.4) is 0 Å². The van der Waals surface area contributed by atoms with Crippen molar-refractivity contribution in [3.05, 3.63) is 30.3 Å². The van der Waals surface area contributed by atoms with Gasteiger partial charge in [0.2, 0.25) is 5.91 Å². The number of piperidine rings is 1. The summed E-state index contributed by atoms with van der Waals surface area (Å²) in [6, 6.07) is 9.95. The van der Waals surface area contributed by atoms with E-state index >= 15 is 0 Å². The van der Waals surface area contributed by atoms with Crippen molar-refractivity contribution in [2.45, 2.75) is 32.3 Å². The lowest BCUT2D eigenvalue weighted by molar-refractivity contribution is -0.127. The molecule has 0 atom stereocenters. The predicted molar refractivity (Wildman–Crippen MR) is 112 cm³/mol. The average molecular weight is 391 g/mol. The first-order valence-electron chi connectivity index (χ1n) is 10.1. The Hall–Kier alpha value is -2.28. The lowest BCUT2D eigenvalue weighted by Gasteiger charge is -2.34. The summed E-state index contributed by atoms with van der Waals surface area (Å²) >= 11 is 0. The van der Waals surface area contributed by atoms with Crippen molar-refractivity contribution in [2.24, 2.45) is 4.99 Å². The molecule has 0 saturated carbocycles. The van der Waals surface area contributed by atoms with Gasteiger partial charge in [0, 0.05) is 59.8 Å². The predicted octanol–water partition coefficient (Wildman–Crippen LogP) is 1.99. The molecule has 0 unspecified atom stereocenters. The first kappa shape index (κ1) is 22.0. The Balaban J connectivity index is 1.87. The number of para-hydroxylation sites is 1. The number of carbonyl (C=O) groups excluding carboxylic acids is 1. The van der Waals surface area contributed by atoms with Gasteiger partial charge in [-0.05, 0) is 25.5 Å². The fourth-order valence-corrected chi connectivity index (χ4v) is 2.95. The van der Waals surface area contributed by atoms with Crippen molar-refractivity contribution in [1.82, 2.24) is 15.1 Å². The Morgan fingerprint density at radius 1 is 1.25 bits per heavy atom. The van der Waals surface area contributed by atoms with Crippen LogP contribution in [0.5, 0.6) is 5.75 Å². The number of nitrogens with zero attached hydrogens (tertiary/aromatic N) is 3. The second kappa shape index (κ2) is 12.2. The van der Waals surface area contributed by atoms with Gasteiger partial charge in [0.25, 0.3) is 0 Å². The molecule has 1 aromatic rings. The van der Waals surface area contributed by atoms with Crippen LogP contribution in [0.25, 0.3) is 0 Å². The Morgan fingerprint density at radius 2 is 1.96 bits per heavy atom. The number of ether oxygens (including phenoxy) is 2. The molecule has 1 amide bonds. The molecule has 1 N–H and O–H groups in total. The highest BCUT2D eigenvalue weighted by molar-refractivity contribution is 5.84. The number of amides is 1. The van der Waals surface area contributed by atoms with E-state index in [1.165, 1.54) is 0 Å². The number of benzene rings is 1. The SMILES string of the molecule is CCOCCCNC(=NCC(=O)N(C)C)N1CCC(Oc2ccccc2)CC1. The second-order valence-electron chi connectivity index (χ2n) is 7.02. The second-order valence-corrected chi connectivity index (χ2v) is 7.02. The zero-order valence-electron chi connectivity index (χ0n) is 17.4. The molecule has 0 aliphatic carbocycles. The van der Waals surface area contributed by atoms with Crippen LogP contribution in [-0.2, 0) is 9.53 Å². The van der Waals surface area contributed by atoms with Crippen molar-refractivity contribution < 1.29 is 14.3 Å². The standard InChI is InChI=1S/C21H34N4O3/c1-4-27-16-8-13-22-21(23-17-20(26)24(2)3)25-14-11-19(12-15-25)28-18-9-6-5-7-10-18/h5-7,9-10,19H,4,8,11-17H2,1-3H3,(H,22,23). The molecule has 1 aliphatic rings. The number of aliphatic imine (C=N–C) groups is 1. The van der Waals surface area contributed by atoms with E-state index in [-0.39, 0.29) is 18.6 Å². The number of likely N-dealkylation sites (N-methyl/N-ethyl adjacent to an activating group) is 1. The topological polar surface area (TPSA) is 66.4 Å². The fraction of sp³-hybridized carbons (Fsp3) is 0.619. The molecule has 2 rings (SSSR count). The maximum Gasteiger partial charge on any atom is 0.243 e. The van der Waals surface area contributed by atoms with Gasteiger partial charge >= 0.3 is 0 Å². The van der Waals surface area contributed by atoms with Crippen LogP contribution in [0, 0.1) is 0 Å². The van der Waals surface area contributed by atoms with E-state index in [9.17, 15) is 4.79 Å². The van der Waals surface area contributed by atoms with Crippen molar-refractivity contribution in [3.63, 3.8) is 0 Å². The van der Waals surface area contributed by atoms with Gasteiger partial charge < -0.3 is 24.6 Å². The number of likely N-dealkylation sites (tertiary alicyclic amines) is 1. The van der Waals surface area contributed by atoms with Gasteiger partial charge in [0.1, 0.15) is 18.4 Å². The average Bonchev–Trinajstić information content (AvgIpc) is 2.71. The van der Waals surface area contributed by atoms with Crippen LogP contribution < -0.4 is 10.1 Å². The highest BCUT2D eigenvalue weighted by Gasteiger charge is 2.23. The van der Waals surface area contributed by atoms with Crippen LogP contribution >= 0.6 is 0 Å². The molecule has 7 heteroatoms. The smallest absolute Gasteiger partial charge is 0.243 e. The van der Waals surface area contributed by atoms with Crippen LogP contribution in [0.15, 0.2) is 35.3 Å². The molecule has 0 radical (unpaired) electrons. The zero-order valence-corrected chi connectivity index (χ0v) is 17.4. The van der Waals surface area contributed by atoms with Gasteiger partial charge in [0.05, 0.1) is 0 Å². The largest absolute Gasteiger partial charge is 0.490 e. The summed E-state index contributed by atoms with van der Waals surface area (Å²) in [7, 11) is 3.50. The molecule has 1 heterocycles. The zero-order chi connectivity index (χ0) is 20.2. The highest BCUT2D eigenvalue weighted by atomic mass is 16.5. The lowest BCUT2D eigenvalue weighted by atomic mass is 10.1. The van der Waals surface area contributed by atoms with Gasteiger partial charge in [-0.1, -0.05) is 18.2 Å². The van der Waals surface area contributed by atoms with Crippen LogP contribution in [-0.4, -0.2) is 81.3 Å². The van der Waals surface area contributed by atoms with Gasteiger partial charge in [0.15, 0.2) is 5.96 Å². The van der Waals surface area contributed by atoms with Crippen molar-refractivity contribution >= 4 is 11.9 Å². The Kier molecular flexibility index (Phi) is 9.62. The maximum absolute atomic E-state index is 11.9. The molecule has 7 nitrogen and oxygen atoms in total. The van der Waals surface area contributed by atoms with E-state index in [0.717, 1.165) is 63.8 Å². The van der Waals surface area contributed by atoms with Crippen molar-refractivity contribution in [1.29, 1.82) is 0 Å². The highest BCUT2D eigenvalue weighted by Crippen LogP contribution is 2.18. The Bertz CT molecular complexity index is 599. The van der Waals surface area contributed by atoms with E-state index in [0.29, 0.717) is 0 Å². The lowest BCUT2D eigenvalue weighted by Crippen LogP contribution is -2.48.